The number of nitrogens with zero attached hydrogens (tertiary/aromatic N) is 4. The molecule has 6 rings (SSSR count). The molecule has 41 heavy (non-hydrogen) atoms. The molecule has 3 aromatic carbocycles. The van der Waals surface area contributed by atoms with Gasteiger partial charge in [0.05, 0.1) is 23.3 Å². The first-order valence-electron chi connectivity index (χ1n) is 14.4. The molecular weight excluding hydrogens is 512 g/mol. The molecule has 1 amide bonds. The van der Waals surface area contributed by atoms with Crippen molar-refractivity contribution in [3.05, 3.63) is 99.9 Å². The summed E-state index contributed by atoms with van der Waals surface area (Å²) >= 11 is 0. The van der Waals surface area contributed by atoms with Gasteiger partial charge in [-0.15, -0.1) is 0 Å². The van der Waals surface area contributed by atoms with E-state index in [4.69, 9.17) is 9.72 Å². The molecule has 1 fully saturated rings. The van der Waals surface area contributed by atoms with Gasteiger partial charge >= 0.3 is 0 Å². The van der Waals surface area contributed by atoms with Crippen molar-refractivity contribution in [1.82, 2.24) is 14.5 Å². The molecule has 7 heteroatoms. The van der Waals surface area contributed by atoms with Crippen LogP contribution < -0.4 is 4.74 Å². The van der Waals surface area contributed by atoms with E-state index in [2.05, 4.69) is 35.8 Å². The topological polar surface area (TPSA) is 91.4 Å². The van der Waals surface area contributed by atoms with Crippen LogP contribution in [0.5, 0.6) is 5.75 Å². The number of carbonyl (C=O) groups is 1. The van der Waals surface area contributed by atoms with Gasteiger partial charge in [-0.2, -0.15) is 5.26 Å². The van der Waals surface area contributed by atoms with Crippen LogP contribution in [0.2, 0.25) is 0 Å². The Kier molecular flexibility index (Phi) is 7.34. The Balaban J connectivity index is 1.38. The van der Waals surface area contributed by atoms with Crippen molar-refractivity contribution in [2.24, 2.45) is 0 Å². The fourth-order valence-electron chi connectivity index (χ4n) is 6.05. The number of hydrogen-bond acceptors (Lipinski definition) is 5. The Hall–Kier alpha value is -4.41. The Morgan fingerprint density at radius 1 is 1.10 bits per heavy atom. The van der Waals surface area contributed by atoms with Gasteiger partial charge in [-0.1, -0.05) is 43.3 Å². The quantitative estimate of drug-likeness (QED) is 0.316. The van der Waals surface area contributed by atoms with E-state index in [1.165, 1.54) is 0 Å². The summed E-state index contributed by atoms with van der Waals surface area (Å²) in [5, 5.41) is 19.7. The first kappa shape index (κ1) is 26.8. The molecule has 4 aromatic rings. The van der Waals surface area contributed by atoms with Crippen LogP contribution in [0.3, 0.4) is 0 Å². The van der Waals surface area contributed by atoms with Gasteiger partial charge < -0.3 is 19.3 Å². The molecule has 3 heterocycles. The number of aromatic nitrogens is 2. The molecule has 2 aliphatic rings. The van der Waals surface area contributed by atoms with E-state index >= 15 is 0 Å². The minimum atomic E-state index is -0.332. The fourth-order valence-corrected chi connectivity index (χ4v) is 6.05. The Labute approximate surface area is 240 Å². The zero-order chi connectivity index (χ0) is 28.5. The largest absolute Gasteiger partial charge is 0.488 e. The number of rotatable bonds is 5. The lowest BCUT2D eigenvalue weighted by atomic mass is 9.90. The zero-order valence-electron chi connectivity index (χ0n) is 23.6. The minimum Gasteiger partial charge on any atom is -0.488 e. The van der Waals surface area contributed by atoms with Gasteiger partial charge in [-0.25, -0.2) is 4.98 Å². The van der Waals surface area contributed by atoms with Gasteiger partial charge in [0.1, 0.15) is 23.7 Å². The van der Waals surface area contributed by atoms with E-state index in [1.807, 2.05) is 54.3 Å². The number of nitriles is 1. The van der Waals surface area contributed by atoms with Crippen molar-refractivity contribution in [3.8, 4) is 11.8 Å². The van der Waals surface area contributed by atoms with Crippen molar-refractivity contribution >= 4 is 22.5 Å². The smallest absolute Gasteiger partial charge is 0.256 e. The molecule has 208 valence electrons. The number of aryl methyl sites for hydroxylation is 1. The normalized spacial score (nSPS) is 16.4. The number of allylic oxidation sites excluding steroid dienone is 1. The van der Waals surface area contributed by atoms with Crippen molar-refractivity contribution in [2.75, 3.05) is 13.1 Å². The third kappa shape index (κ3) is 5.00. The maximum Gasteiger partial charge on any atom is 0.256 e. The van der Waals surface area contributed by atoms with Crippen LogP contribution >= 0.6 is 0 Å². The highest BCUT2D eigenvalue weighted by molar-refractivity contribution is 6.05. The zero-order valence-corrected chi connectivity index (χ0v) is 23.6. The van der Waals surface area contributed by atoms with Crippen LogP contribution in [-0.4, -0.2) is 44.7 Å². The van der Waals surface area contributed by atoms with E-state index in [9.17, 15) is 15.2 Å². The van der Waals surface area contributed by atoms with Gasteiger partial charge in [-0.05, 0) is 67.1 Å². The van der Waals surface area contributed by atoms with E-state index in [1.54, 1.807) is 0 Å². The van der Waals surface area contributed by atoms with Crippen LogP contribution in [0.1, 0.15) is 71.5 Å². The summed E-state index contributed by atoms with van der Waals surface area (Å²) in [5.74, 6) is 1.71. The van der Waals surface area contributed by atoms with E-state index in [-0.39, 0.29) is 12.0 Å². The molecule has 2 aliphatic heterocycles. The summed E-state index contributed by atoms with van der Waals surface area (Å²) in [6, 6.07) is 22.5. The predicted octanol–water partition coefficient (Wildman–Crippen LogP) is 5.87. The van der Waals surface area contributed by atoms with Gasteiger partial charge in [-0.3, -0.25) is 4.79 Å². The lowest BCUT2D eigenvalue weighted by molar-refractivity contribution is 0.0548. The summed E-state index contributed by atoms with van der Waals surface area (Å²) in [5.41, 5.74) is 7.94. The average Bonchev–Trinajstić information content (AvgIpc) is 3.24. The van der Waals surface area contributed by atoms with Crippen LogP contribution in [0, 0.1) is 11.3 Å². The third-order valence-electron chi connectivity index (χ3n) is 8.18. The molecule has 0 radical (unpaired) electrons. The molecule has 1 N–H and O–H groups in total. The maximum atomic E-state index is 13.5. The third-order valence-corrected chi connectivity index (χ3v) is 8.18. The number of aliphatic hydroxyl groups is 1. The molecular formula is C34H34N4O3. The number of para-hydroxylation sites is 2. The summed E-state index contributed by atoms with van der Waals surface area (Å²) in [6.07, 6.45) is 2.62. The molecule has 1 saturated heterocycles. The highest BCUT2D eigenvalue weighted by atomic mass is 16.5. The molecule has 0 saturated carbocycles. The number of fused-ring (bicyclic) bond motifs is 3. The van der Waals surface area contributed by atoms with Crippen LogP contribution in [0.25, 0.3) is 16.6 Å². The Bertz CT molecular complexity index is 1700. The van der Waals surface area contributed by atoms with E-state index < -0.39 is 0 Å². The highest BCUT2D eigenvalue weighted by Gasteiger charge is 2.26. The van der Waals surface area contributed by atoms with Crippen LogP contribution in [0.15, 0.2) is 66.2 Å². The highest BCUT2D eigenvalue weighted by Crippen LogP contribution is 2.39. The van der Waals surface area contributed by atoms with Crippen LogP contribution in [0.4, 0.5) is 0 Å². The number of ether oxygens (including phenoxy) is 1. The molecule has 7 nitrogen and oxygen atoms in total. The molecule has 0 aliphatic carbocycles. The summed E-state index contributed by atoms with van der Waals surface area (Å²) in [6.45, 7) is 6.13. The average molecular weight is 547 g/mol. The lowest BCUT2D eigenvalue weighted by Crippen LogP contribution is -2.40. The predicted molar refractivity (Wildman–Crippen MR) is 158 cm³/mol. The van der Waals surface area contributed by atoms with Gasteiger partial charge in [0.15, 0.2) is 0 Å². The SMILES string of the molecule is CCCc1nc2c(C(=O)N3CCC(O)CC3)cccc2n1Cc1ccc2c(c1)COc1ccccc1/C2=C(\C)C#N. The van der Waals surface area contributed by atoms with Crippen molar-refractivity contribution in [1.29, 1.82) is 5.26 Å². The number of amides is 1. The first-order valence-corrected chi connectivity index (χ1v) is 14.4. The summed E-state index contributed by atoms with van der Waals surface area (Å²) in [4.78, 5) is 20.3. The van der Waals surface area contributed by atoms with Crippen molar-refractivity contribution in [2.45, 2.75) is 58.8 Å². The molecule has 0 unspecified atom stereocenters. The second-order valence-corrected chi connectivity index (χ2v) is 10.9. The second-order valence-electron chi connectivity index (χ2n) is 10.9. The number of hydrogen-bond donors (Lipinski definition) is 1. The van der Waals surface area contributed by atoms with Gasteiger partial charge in [0, 0.05) is 42.8 Å². The second kappa shape index (κ2) is 11.2. The fraction of sp³-hybridized carbons (Fsp3) is 0.324. The molecule has 0 bridgehead atoms. The Morgan fingerprint density at radius 2 is 1.90 bits per heavy atom. The summed E-state index contributed by atoms with van der Waals surface area (Å²) in [7, 11) is 0. The number of likely N-dealkylation sites (tertiary alicyclic amines) is 1. The minimum absolute atomic E-state index is 0.0240. The van der Waals surface area contributed by atoms with Crippen molar-refractivity contribution < 1.29 is 14.6 Å². The van der Waals surface area contributed by atoms with Gasteiger partial charge in [0.2, 0.25) is 0 Å². The molecule has 0 spiro atoms. The summed E-state index contributed by atoms with van der Waals surface area (Å²) < 4.78 is 8.43. The standard InChI is InChI=1S/C34H34N4O3/c1-3-7-31-36-33-28(34(40)37-16-14-25(39)15-17-37)9-6-10-29(33)38(31)20-23-12-13-26-24(18-23)21-41-30-11-5-4-8-27(30)32(26)22(2)19-35/h4-6,8-13,18,25,39H,3,7,14-17,20-21H2,1-2H3/b32-22+. The number of imidazole rings is 1. The van der Waals surface area contributed by atoms with E-state index in [0.29, 0.717) is 50.2 Å². The molecule has 1 aromatic heterocycles. The first-order chi connectivity index (χ1) is 20.0. The monoisotopic (exact) mass is 546 g/mol. The van der Waals surface area contributed by atoms with Crippen LogP contribution in [-0.2, 0) is 19.6 Å². The molecule has 0 atom stereocenters. The number of piperidine rings is 1. The maximum absolute atomic E-state index is 13.5. The number of benzene rings is 3. The number of aliphatic hydroxyl groups excluding tert-OH is 1. The van der Waals surface area contributed by atoms with Gasteiger partial charge in [0.25, 0.3) is 5.91 Å². The number of carbonyl (C=O) groups excluding carboxylic acids is 1. The lowest BCUT2D eigenvalue weighted by Gasteiger charge is -2.29. The van der Waals surface area contributed by atoms with E-state index in [0.717, 1.165) is 63.3 Å². The van der Waals surface area contributed by atoms with Crippen molar-refractivity contribution in [3.63, 3.8) is 0 Å². The Morgan fingerprint density at radius 3 is 2.68 bits per heavy atom.